The van der Waals surface area contributed by atoms with Crippen molar-refractivity contribution in [3.8, 4) is 44.5 Å². The van der Waals surface area contributed by atoms with Gasteiger partial charge in [0.15, 0.2) is 0 Å². The molecular formula is C52H35NO. The minimum atomic E-state index is -0.790. The van der Waals surface area contributed by atoms with Crippen LogP contribution in [0.4, 0.5) is 17.1 Å². The molecule has 0 saturated heterocycles. The lowest BCUT2D eigenvalue weighted by Crippen LogP contribution is -2.10. The van der Waals surface area contributed by atoms with Gasteiger partial charge in [0.25, 0.3) is 0 Å². The average Bonchev–Trinajstić information content (AvgIpc) is 3.75. The van der Waals surface area contributed by atoms with Gasteiger partial charge in [0.2, 0.25) is 0 Å². The minimum Gasteiger partial charge on any atom is -0.455 e. The van der Waals surface area contributed by atoms with Crippen LogP contribution in [-0.2, 0) is 0 Å². The summed E-state index contributed by atoms with van der Waals surface area (Å²) in [6.07, 6.45) is 0. The summed E-state index contributed by atoms with van der Waals surface area (Å²) in [5, 5.41) is 2.47. The first kappa shape index (κ1) is 20.2. The summed E-state index contributed by atoms with van der Waals surface area (Å²) in [5.41, 5.74) is 4.29. The van der Waals surface area contributed by atoms with E-state index in [9.17, 15) is 8.22 Å². The van der Waals surface area contributed by atoms with E-state index in [0.717, 1.165) is 49.1 Å². The maximum Gasteiger partial charge on any atom is 0.143 e. The van der Waals surface area contributed by atoms with Gasteiger partial charge in [-0.2, -0.15) is 0 Å². The normalized spacial score (nSPS) is 15.0. The lowest BCUT2D eigenvalue weighted by Gasteiger charge is -2.26. The Bertz CT molecular complexity index is 3600. The molecule has 0 aliphatic heterocycles. The average molecular weight is 704 g/mol. The highest BCUT2D eigenvalue weighted by molar-refractivity contribution is 6.22. The van der Waals surface area contributed by atoms with E-state index in [1.54, 1.807) is 18.2 Å². The molecule has 0 atom stereocenters. The molecule has 0 unspecified atom stereocenters. The zero-order valence-corrected chi connectivity index (χ0v) is 28.5. The summed E-state index contributed by atoms with van der Waals surface area (Å²) in [7, 11) is 0. The molecule has 9 aromatic carbocycles. The molecule has 54 heavy (non-hydrogen) atoms. The number of furan rings is 1. The van der Waals surface area contributed by atoms with Crippen molar-refractivity contribution in [3.05, 3.63) is 212 Å². The fraction of sp³-hybridized carbons (Fsp3) is 0. The van der Waals surface area contributed by atoms with E-state index in [4.69, 9.17) is 15.4 Å². The molecule has 0 bridgehead atoms. The van der Waals surface area contributed by atoms with Gasteiger partial charge in [0.1, 0.15) is 11.2 Å². The zero-order valence-electron chi connectivity index (χ0n) is 42.5. The van der Waals surface area contributed by atoms with E-state index < -0.39 is 107 Å². The number of anilines is 3. The SMILES string of the molecule is [2H]c1c([2H])c([2H])c(-c2c([2H])c([2H])c(N(c3c([2H])c([2H])c([2H])c([2H])c3[2H])c3cccc4oc5c6ccccc6c(-c6cc(-c7ccccc7)cc(-c7ccccc7)c6)cc5c34)c([2H])c2[2H])c([2H])c1[2H]. The Balaban J connectivity index is 1.32. The van der Waals surface area contributed by atoms with Gasteiger partial charge < -0.3 is 9.32 Å². The van der Waals surface area contributed by atoms with Gasteiger partial charge in [0.05, 0.1) is 30.3 Å². The second kappa shape index (κ2) is 13.4. The highest BCUT2D eigenvalue weighted by Gasteiger charge is 2.22. The predicted octanol–water partition coefficient (Wildman–Crippen LogP) is 14.9. The third-order valence-corrected chi connectivity index (χ3v) is 9.48. The lowest BCUT2D eigenvalue weighted by molar-refractivity contribution is 0.672. The first-order chi connectivity index (χ1) is 32.6. The van der Waals surface area contributed by atoms with Crippen molar-refractivity contribution in [3.63, 3.8) is 0 Å². The molecule has 10 rings (SSSR count). The second-order valence-electron chi connectivity index (χ2n) is 12.7. The molecule has 1 aromatic heterocycles. The molecule has 0 aliphatic carbocycles. The lowest BCUT2D eigenvalue weighted by atomic mass is 9.90. The standard InChI is InChI=1S/C52H35NO/c1-5-16-36(17-6-1)39-28-30-44(31-29-39)53(43-22-11-4-12-23-43)49-26-15-27-50-51(49)48-35-47(45-24-13-14-25-46(45)52(48)54-50)42-33-40(37-18-7-2-8-19-37)32-41(34-42)38-20-9-3-10-21-38/h1-35H/i1D,4D,5D,6D,11D,12D,16D,17D,22D,23D,28D,29D,30D,31D. The third-order valence-electron chi connectivity index (χ3n) is 9.48. The number of benzene rings is 9. The van der Waals surface area contributed by atoms with Crippen LogP contribution in [0.1, 0.15) is 19.2 Å². The van der Waals surface area contributed by atoms with Crippen molar-refractivity contribution in [1.29, 1.82) is 0 Å². The van der Waals surface area contributed by atoms with Gasteiger partial charge in [-0.1, -0.05) is 151 Å². The molecule has 1 heterocycles. The molecule has 0 spiro atoms. The predicted molar refractivity (Wildman–Crippen MR) is 228 cm³/mol. The third kappa shape index (κ3) is 5.62. The Morgan fingerprint density at radius 2 is 0.944 bits per heavy atom. The van der Waals surface area contributed by atoms with Crippen molar-refractivity contribution in [2.24, 2.45) is 0 Å². The van der Waals surface area contributed by atoms with Crippen LogP contribution in [0.15, 0.2) is 216 Å². The molecule has 0 aliphatic rings. The molecule has 10 aromatic rings. The topological polar surface area (TPSA) is 16.4 Å². The Labute approximate surface area is 334 Å². The van der Waals surface area contributed by atoms with E-state index >= 15 is 0 Å². The summed E-state index contributed by atoms with van der Waals surface area (Å²) < 4.78 is 131. The number of fused-ring (bicyclic) bond motifs is 5. The van der Waals surface area contributed by atoms with Crippen molar-refractivity contribution >= 4 is 49.8 Å². The summed E-state index contributed by atoms with van der Waals surface area (Å²) in [6.45, 7) is 0. The van der Waals surface area contributed by atoms with E-state index in [0.29, 0.717) is 21.9 Å². The van der Waals surface area contributed by atoms with E-state index in [2.05, 4.69) is 18.2 Å². The monoisotopic (exact) mass is 703 g/mol. The van der Waals surface area contributed by atoms with Crippen LogP contribution in [0.2, 0.25) is 0 Å². The van der Waals surface area contributed by atoms with Gasteiger partial charge in [-0.05, 0) is 110 Å². The van der Waals surface area contributed by atoms with Gasteiger partial charge in [0, 0.05) is 22.1 Å². The van der Waals surface area contributed by atoms with E-state index in [1.165, 1.54) is 0 Å². The van der Waals surface area contributed by atoms with Crippen molar-refractivity contribution in [1.82, 2.24) is 0 Å². The van der Waals surface area contributed by atoms with Crippen molar-refractivity contribution in [2.45, 2.75) is 0 Å². The molecule has 0 fully saturated rings. The maximum absolute atomic E-state index is 9.54. The number of nitrogens with zero attached hydrogens (tertiary/aromatic N) is 1. The minimum absolute atomic E-state index is 0.0837. The van der Waals surface area contributed by atoms with E-state index in [1.807, 2.05) is 91.0 Å². The Morgan fingerprint density at radius 1 is 0.389 bits per heavy atom. The molecule has 254 valence electrons. The van der Waals surface area contributed by atoms with Crippen LogP contribution in [0.5, 0.6) is 0 Å². The fourth-order valence-corrected chi connectivity index (χ4v) is 7.06. The Morgan fingerprint density at radius 3 is 1.61 bits per heavy atom. The highest BCUT2D eigenvalue weighted by Crippen LogP contribution is 2.47. The van der Waals surface area contributed by atoms with Gasteiger partial charge in [-0.3, -0.25) is 0 Å². The summed E-state index contributed by atoms with van der Waals surface area (Å²) in [5.74, 6) is 0. The van der Waals surface area contributed by atoms with Gasteiger partial charge >= 0.3 is 0 Å². The molecule has 0 radical (unpaired) electrons. The van der Waals surface area contributed by atoms with Crippen LogP contribution in [0, 0.1) is 0 Å². The second-order valence-corrected chi connectivity index (χ2v) is 12.7. The van der Waals surface area contributed by atoms with Crippen LogP contribution in [0.3, 0.4) is 0 Å². The maximum atomic E-state index is 9.54. The number of para-hydroxylation sites is 1. The fourth-order valence-electron chi connectivity index (χ4n) is 7.06. The molecule has 0 saturated carbocycles. The number of hydrogen-bond acceptors (Lipinski definition) is 2. The smallest absolute Gasteiger partial charge is 0.143 e. The summed E-state index contributed by atoms with van der Waals surface area (Å²) in [6, 6.07) is 30.6. The van der Waals surface area contributed by atoms with Crippen LogP contribution in [-0.4, -0.2) is 0 Å². The summed E-state index contributed by atoms with van der Waals surface area (Å²) >= 11 is 0. The van der Waals surface area contributed by atoms with Crippen LogP contribution in [0.25, 0.3) is 77.2 Å². The van der Waals surface area contributed by atoms with E-state index in [-0.39, 0.29) is 5.69 Å². The largest absolute Gasteiger partial charge is 0.455 e. The first-order valence-electron chi connectivity index (χ1n) is 24.3. The van der Waals surface area contributed by atoms with Crippen molar-refractivity contribution < 1.29 is 23.6 Å². The van der Waals surface area contributed by atoms with Crippen LogP contribution >= 0.6 is 0 Å². The molecule has 0 N–H and O–H groups in total. The Kier molecular flexibility index (Phi) is 5.02. The molecule has 2 heteroatoms. The number of hydrogen-bond donors (Lipinski definition) is 0. The molecule has 2 nitrogen and oxygen atoms in total. The molecule has 0 amide bonds. The highest BCUT2D eigenvalue weighted by atomic mass is 16.3. The quantitative estimate of drug-likeness (QED) is 0.164. The van der Waals surface area contributed by atoms with Gasteiger partial charge in [-0.25, -0.2) is 0 Å². The Hall–Kier alpha value is -7.16. The van der Waals surface area contributed by atoms with Gasteiger partial charge in [-0.15, -0.1) is 0 Å². The molecular weight excluding hydrogens is 655 g/mol. The summed E-state index contributed by atoms with van der Waals surface area (Å²) in [4.78, 5) is 1.11. The number of rotatable bonds is 7. The van der Waals surface area contributed by atoms with Crippen LogP contribution < -0.4 is 4.90 Å². The van der Waals surface area contributed by atoms with Crippen molar-refractivity contribution in [2.75, 3.05) is 4.90 Å². The zero-order chi connectivity index (χ0) is 48.0. The first-order valence-corrected chi connectivity index (χ1v) is 17.3.